The highest BCUT2D eigenvalue weighted by atomic mass is 16.5. The van der Waals surface area contributed by atoms with E-state index in [9.17, 15) is 0 Å². The van der Waals surface area contributed by atoms with E-state index in [0.717, 1.165) is 30.6 Å². The summed E-state index contributed by atoms with van der Waals surface area (Å²) in [5, 5.41) is 0. The molecule has 1 atom stereocenters. The largest absolute Gasteiger partial charge is 0.496 e. The molecule has 0 amide bonds. The SMILES string of the molecule is COc1cc(C)cc(C)c1C(CC1(OC)CCC1)NN. The minimum absolute atomic E-state index is 0.0284. The second kappa shape index (κ2) is 6.12. The number of rotatable bonds is 6. The van der Waals surface area contributed by atoms with E-state index in [1.54, 1.807) is 14.2 Å². The molecule has 0 radical (unpaired) electrons. The smallest absolute Gasteiger partial charge is 0.124 e. The molecule has 1 fully saturated rings. The normalized spacial score (nSPS) is 18.4. The summed E-state index contributed by atoms with van der Waals surface area (Å²) in [7, 11) is 3.51. The lowest BCUT2D eigenvalue weighted by Gasteiger charge is -2.43. The van der Waals surface area contributed by atoms with Gasteiger partial charge in [0.15, 0.2) is 0 Å². The molecule has 112 valence electrons. The van der Waals surface area contributed by atoms with Crippen molar-refractivity contribution in [3.63, 3.8) is 0 Å². The first-order valence-corrected chi connectivity index (χ1v) is 7.21. The quantitative estimate of drug-likeness (QED) is 0.620. The van der Waals surface area contributed by atoms with Crippen LogP contribution in [0.3, 0.4) is 0 Å². The van der Waals surface area contributed by atoms with Gasteiger partial charge in [0.2, 0.25) is 0 Å². The van der Waals surface area contributed by atoms with Crippen LogP contribution in [0.1, 0.15) is 48.4 Å². The van der Waals surface area contributed by atoms with Crippen LogP contribution in [0.15, 0.2) is 12.1 Å². The number of hydrogen-bond donors (Lipinski definition) is 2. The van der Waals surface area contributed by atoms with Crippen molar-refractivity contribution in [1.82, 2.24) is 5.43 Å². The molecular formula is C16H26N2O2. The molecule has 1 aromatic rings. The molecule has 0 aliphatic heterocycles. The lowest BCUT2D eigenvalue weighted by molar-refractivity contribution is -0.0839. The number of nitrogens with two attached hydrogens (primary N) is 1. The molecule has 0 saturated heterocycles. The third-order valence-electron chi connectivity index (χ3n) is 4.54. The first-order valence-electron chi connectivity index (χ1n) is 7.21. The molecule has 20 heavy (non-hydrogen) atoms. The number of benzene rings is 1. The standard InChI is InChI=1S/C16H26N2O2/c1-11-8-12(2)15(14(9-11)19-3)13(18-17)10-16(20-4)6-5-7-16/h8-9,13,18H,5-7,10,17H2,1-4H3. The number of hydrazine groups is 1. The van der Waals surface area contributed by atoms with Gasteiger partial charge in [-0.15, -0.1) is 0 Å². The van der Waals surface area contributed by atoms with Crippen LogP contribution >= 0.6 is 0 Å². The Labute approximate surface area is 121 Å². The summed E-state index contributed by atoms with van der Waals surface area (Å²) < 4.78 is 11.3. The zero-order valence-corrected chi connectivity index (χ0v) is 13.0. The van der Waals surface area contributed by atoms with Crippen LogP contribution < -0.4 is 16.0 Å². The Morgan fingerprint density at radius 2 is 2.00 bits per heavy atom. The van der Waals surface area contributed by atoms with Crippen molar-refractivity contribution < 1.29 is 9.47 Å². The van der Waals surface area contributed by atoms with Gasteiger partial charge in [0.25, 0.3) is 0 Å². The van der Waals surface area contributed by atoms with Crippen molar-refractivity contribution >= 4 is 0 Å². The molecule has 3 N–H and O–H groups in total. The van der Waals surface area contributed by atoms with Crippen LogP contribution in [-0.2, 0) is 4.74 Å². The summed E-state index contributed by atoms with van der Waals surface area (Å²) in [5.74, 6) is 6.71. The van der Waals surface area contributed by atoms with E-state index in [1.807, 2.05) is 0 Å². The fraction of sp³-hybridized carbons (Fsp3) is 0.625. The molecular weight excluding hydrogens is 252 g/mol. The summed E-state index contributed by atoms with van der Waals surface area (Å²) in [6, 6.07) is 4.28. The van der Waals surface area contributed by atoms with Gasteiger partial charge in [-0.05, 0) is 56.7 Å². The van der Waals surface area contributed by atoms with Gasteiger partial charge in [-0.1, -0.05) is 6.07 Å². The second-order valence-electron chi connectivity index (χ2n) is 5.86. The van der Waals surface area contributed by atoms with E-state index in [2.05, 4.69) is 31.4 Å². The van der Waals surface area contributed by atoms with E-state index >= 15 is 0 Å². The molecule has 2 rings (SSSR count). The lowest BCUT2D eigenvalue weighted by Crippen LogP contribution is -2.44. The molecule has 4 nitrogen and oxygen atoms in total. The van der Waals surface area contributed by atoms with Crippen molar-refractivity contribution in [1.29, 1.82) is 0 Å². The maximum absolute atomic E-state index is 5.81. The Balaban J connectivity index is 2.31. The third-order valence-corrected chi connectivity index (χ3v) is 4.54. The maximum Gasteiger partial charge on any atom is 0.124 e. The van der Waals surface area contributed by atoms with E-state index in [0.29, 0.717) is 0 Å². The summed E-state index contributed by atoms with van der Waals surface area (Å²) in [6.45, 7) is 4.18. The molecule has 0 heterocycles. The van der Waals surface area contributed by atoms with Crippen molar-refractivity contribution in [2.75, 3.05) is 14.2 Å². The van der Waals surface area contributed by atoms with Crippen LogP contribution in [0.5, 0.6) is 5.75 Å². The first-order chi connectivity index (χ1) is 9.55. The summed E-state index contributed by atoms with van der Waals surface area (Å²) in [5.41, 5.74) is 6.47. The molecule has 1 unspecified atom stereocenters. The van der Waals surface area contributed by atoms with E-state index in [-0.39, 0.29) is 11.6 Å². The van der Waals surface area contributed by atoms with Gasteiger partial charge in [0.1, 0.15) is 5.75 Å². The highest BCUT2D eigenvalue weighted by molar-refractivity contribution is 5.45. The molecule has 1 aliphatic rings. The number of aryl methyl sites for hydroxylation is 2. The van der Waals surface area contributed by atoms with Crippen molar-refractivity contribution in [2.24, 2.45) is 5.84 Å². The van der Waals surface area contributed by atoms with Gasteiger partial charge in [0, 0.05) is 12.7 Å². The van der Waals surface area contributed by atoms with Gasteiger partial charge in [-0.2, -0.15) is 0 Å². The number of ether oxygens (including phenoxy) is 2. The Hall–Kier alpha value is -1.10. The molecule has 0 bridgehead atoms. The van der Waals surface area contributed by atoms with Gasteiger partial charge in [-0.25, -0.2) is 0 Å². The van der Waals surface area contributed by atoms with Gasteiger partial charge < -0.3 is 9.47 Å². The Bertz CT molecular complexity index is 464. The van der Waals surface area contributed by atoms with Crippen LogP contribution in [-0.4, -0.2) is 19.8 Å². The van der Waals surface area contributed by atoms with E-state index in [4.69, 9.17) is 15.3 Å². The fourth-order valence-electron chi connectivity index (χ4n) is 3.23. The van der Waals surface area contributed by atoms with Crippen LogP contribution in [0.2, 0.25) is 0 Å². The van der Waals surface area contributed by atoms with Crippen molar-refractivity contribution in [3.8, 4) is 5.75 Å². The van der Waals surface area contributed by atoms with Crippen molar-refractivity contribution in [3.05, 3.63) is 28.8 Å². The van der Waals surface area contributed by atoms with Gasteiger partial charge >= 0.3 is 0 Å². The zero-order chi connectivity index (χ0) is 14.8. The number of hydrogen-bond acceptors (Lipinski definition) is 4. The molecule has 1 aromatic carbocycles. The Morgan fingerprint density at radius 1 is 1.30 bits per heavy atom. The minimum Gasteiger partial charge on any atom is -0.496 e. The average Bonchev–Trinajstić information content (AvgIpc) is 2.39. The van der Waals surface area contributed by atoms with Gasteiger partial charge in [0.05, 0.1) is 18.8 Å². The topological polar surface area (TPSA) is 56.5 Å². The van der Waals surface area contributed by atoms with Gasteiger partial charge in [-0.3, -0.25) is 11.3 Å². The molecule has 0 spiro atoms. The minimum atomic E-state index is -0.0284. The highest BCUT2D eigenvalue weighted by Crippen LogP contribution is 2.43. The molecule has 1 saturated carbocycles. The number of methoxy groups -OCH3 is 2. The lowest BCUT2D eigenvalue weighted by atomic mass is 9.74. The van der Waals surface area contributed by atoms with Crippen LogP contribution in [0, 0.1) is 13.8 Å². The van der Waals surface area contributed by atoms with E-state index in [1.165, 1.54) is 17.5 Å². The third kappa shape index (κ3) is 2.82. The number of nitrogens with one attached hydrogen (secondary N) is 1. The Morgan fingerprint density at radius 3 is 2.45 bits per heavy atom. The predicted octanol–water partition coefficient (Wildman–Crippen LogP) is 2.78. The van der Waals surface area contributed by atoms with Crippen LogP contribution in [0.25, 0.3) is 0 Å². The summed E-state index contributed by atoms with van der Waals surface area (Å²) in [6.07, 6.45) is 4.32. The zero-order valence-electron chi connectivity index (χ0n) is 13.0. The fourth-order valence-corrected chi connectivity index (χ4v) is 3.23. The Kier molecular flexibility index (Phi) is 4.68. The predicted molar refractivity (Wildman–Crippen MR) is 80.7 cm³/mol. The highest BCUT2D eigenvalue weighted by Gasteiger charge is 2.40. The van der Waals surface area contributed by atoms with Crippen LogP contribution in [0.4, 0.5) is 0 Å². The molecule has 4 heteroatoms. The average molecular weight is 278 g/mol. The maximum atomic E-state index is 5.81. The van der Waals surface area contributed by atoms with E-state index < -0.39 is 0 Å². The first kappa shape index (κ1) is 15.3. The summed E-state index contributed by atoms with van der Waals surface area (Å²) in [4.78, 5) is 0. The second-order valence-corrected chi connectivity index (χ2v) is 5.86. The molecule has 1 aliphatic carbocycles. The monoisotopic (exact) mass is 278 g/mol. The van der Waals surface area contributed by atoms with Crippen molar-refractivity contribution in [2.45, 2.75) is 51.2 Å². The summed E-state index contributed by atoms with van der Waals surface area (Å²) >= 11 is 0. The molecule has 0 aromatic heterocycles.